The minimum atomic E-state index is -4.72. The molecule has 0 saturated carbocycles. The van der Waals surface area contributed by atoms with Crippen molar-refractivity contribution >= 4 is 66.0 Å². The summed E-state index contributed by atoms with van der Waals surface area (Å²) in [6, 6.07) is 6.81. The molecule has 6 nitrogen and oxygen atoms in total. The molecular formula is C26H16F6N4O2S2. The lowest BCUT2D eigenvalue weighted by Crippen LogP contribution is -2.09. The van der Waals surface area contributed by atoms with Gasteiger partial charge >= 0.3 is 12.4 Å². The van der Waals surface area contributed by atoms with Crippen molar-refractivity contribution in [3.8, 4) is 0 Å². The molecule has 0 aliphatic rings. The molecule has 5 rings (SSSR count). The van der Waals surface area contributed by atoms with E-state index in [1.165, 1.54) is 38.1 Å². The van der Waals surface area contributed by atoms with E-state index in [-0.39, 0.29) is 64.1 Å². The second-order valence-corrected chi connectivity index (χ2v) is 10.9. The fourth-order valence-electron chi connectivity index (χ4n) is 4.31. The first-order valence-corrected chi connectivity index (χ1v) is 12.9. The molecule has 0 unspecified atom stereocenters. The number of nitrogens with two attached hydrogens (primary N) is 2. The Balaban J connectivity index is 1.51. The van der Waals surface area contributed by atoms with Gasteiger partial charge in [-0.25, -0.2) is 9.97 Å². The highest BCUT2D eigenvalue weighted by atomic mass is 32.1. The highest BCUT2D eigenvalue weighted by Crippen LogP contribution is 2.44. The molecule has 0 radical (unpaired) electrons. The molecule has 0 aliphatic heterocycles. The monoisotopic (exact) mass is 594 g/mol. The number of ketones is 2. The zero-order chi connectivity index (χ0) is 29.3. The number of pyridine rings is 2. The van der Waals surface area contributed by atoms with Gasteiger partial charge in [-0.05, 0) is 26.0 Å². The third-order valence-corrected chi connectivity index (χ3v) is 8.28. The molecule has 5 aromatic rings. The standard InChI is InChI=1S/C26H16F6N4O2S2/c1-9-7-13(25(27,28)29)15-17(33)21(39-23(15)35-9)19(37)11-3-5-12(6-4-11)20(38)22-18(34)16-14(26(30,31)32)8-10(2)36-24(16)40-22/h3-8H,33-34H2,1-2H3. The van der Waals surface area contributed by atoms with Crippen LogP contribution in [-0.2, 0) is 12.4 Å². The Bertz CT molecular complexity index is 1720. The summed E-state index contributed by atoms with van der Waals surface area (Å²) in [5.41, 5.74) is 9.53. The van der Waals surface area contributed by atoms with Crippen molar-refractivity contribution in [2.45, 2.75) is 26.2 Å². The van der Waals surface area contributed by atoms with Gasteiger partial charge in [-0.3, -0.25) is 9.59 Å². The van der Waals surface area contributed by atoms with Crippen LogP contribution in [0.15, 0.2) is 36.4 Å². The van der Waals surface area contributed by atoms with Gasteiger partial charge in [0.05, 0.1) is 22.5 Å². The first kappa shape index (κ1) is 27.5. The van der Waals surface area contributed by atoms with E-state index in [4.69, 9.17) is 11.5 Å². The van der Waals surface area contributed by atoms with Crippen LogP contribution in [0.1, 0.15) is 53.0 Å². The van der Waals surface area contributed by atoms with E-state index in [1.807, 2.05) is 0 Å². The first-order chi connectivity index (χ1) is 18.6. The average Bonchev–Trinajstić information content (AvgIpc) is 3.37. The van der Waals surface area contributed by atoms with Crippen LogP contribution in [0.3, 0.4) is 0 Å². The minimum Gasteiger partial charge on any atom is -0.397 e. The molecule has 14 heteroatoms. The minimum absolute atomic E-state index is 0.0287. The molecule has 0 amide bonds. The number of nitrogen functional groups attached to an aromatic ring is 2. The largest absolute Gasteiger partial charge is 0.417 e. The van der Waals surface area contributed by atoms with Crippen LogP contribution in [0.4, 0.5) is 37.7 Å². The van der Waals surface area contributed by atoms with Crippen molar-refractivity contribution in [3.63, 3.8) is 0 Å². The zero-order valence-electron chi connectivity index (χ0n) is 20.4. The second-order valence-electron chi connectivity index (χ2n) is 8.90. The number of thiophene rings is 2. The van der Waals surface area contributed by atoms with Crippen molar-refractivity contribution in [2.75, 3.05) is 11.5 Å². The number of halogens is 6. The van der Waals surface area contributed by atoms with Crippen LogP contribution in [0, 0.1) is 13.8 Å². The van der Waals surface area contributed by atoms with Gasteiger partial charge in [0.25, 0.3) is 0 Å². The van der Waals surface area contributed by atoms with Crippen molar-refractivity contribution in [3.05, 3.63) is 79.8 Å². The number of alkyl halides is 6. The lowest BCUT2D eigenvalue weighted by molar-refractivity contribution is -0.137. The highest BCUT2D eigenvalue weighted by molar-refractivity contribution is 7.21. The average molecular weight is 595 g/mol. The predicted molar refractivity (Wildman–Crippen MR) is 141 cm³/mol. The maximum Gasteiger partial charge on any atom is 0.417 e. The summed E-state index contributed by atoms with van der Waals surface area (Å²) in [5.74, 6) is -1.36. The van der Waals surface area contributed by atoms with Crippen molar-refractivity contribution in [1.29, 1.82) is 0 Å². The van der Waals surface area contributed by atoms with Gasteiger partial charge in [-0.15, -0.1) is 22.7 Å². The van der Waals surface area contributed by atoms with Crippen molar-refractivity contribution in [1.82, 2.24) is 9.97 Å². The summed E-state index contributed by atoms with van der Waals surface area (Å²) in [4.78, 5) is 34.1. The fourth-order valence-corrected chi connectivity index (χ4v) is 6.56. The maximum absolute atomic E-state index is 13.6. The maximum atomic E-state index is 13.6. The van der Waals surface area contributed by atoms with E-state index >= 15 is 0 Å². The zero-order valence-corrected chi connectivity index (χ0v) is 22.0. The van der Waals surface area contributed by atoms with Gasteiger partial charge in [0.2, 0.25) is 11.6 Å². The number of hydrogen-bond donors (Lipinski definition) is 2. The summed E-state index contributed by atoms with van der Waals surface area (Å²) in [6.45, 7) is 2.79. The molecule has 0 fully saturated rings. The highest BCUT2D eigenvalue weighted by Gasteiger charge is 2.37. The number of carbonyl (C=O) groups excluding carboxylic acids is 2. The van der Waals surface area contributed by atoms with E-state index in [9.17, 15) is 35.9 Å². The first-order valence-electron chi connectivity index (χ1n) is 11.3. The number of anilines is 2. The molecule has 0 atom stereocenters. The molecule has 4 aromatic heterocycles. The molecule has 0 spiro atoms. The number of fused-ring (bicyclic) bond motifs is 2. The Kier molecular flexibility index (Phi) is 6.38. The molecule has 4 heterocycles. The van der Waals surface area contributed by atoms with E-state index in [2.05, 4.69) is 9.97 Å². The molecule has 4 N–H and O–H groups in total. The van der Waals surface area contributed by atoms with Crippen LogP contribution in [-0.4, -0.2) is 21.5 Å². The second kappa shape index (κ2) is 9.27. The number of nitrogens with zero attached hydrogens (tertiary/aromatic N) is 2. The van der Waals surface area contributed by atoms with Gasteiger partial charge in [-0.1, -0.05) is 24.3 Å². The van der Waals surface area contributed by atoms with Crippen LogP contribution >= 0.6 is 22.7 Å². The third kappa shape index (κ3) is 4.56. The van der Waals surface area contributed by atoms with Gasteiger partial charge in [-0.2, -0.15) is 26.3 Å². The summed E-state index contributed by atoms with van der Waals surface area (Å²) in [5, 5.41) is -0.721. The number of aryl methyl sites for hydroxylation is 2. The van der Waals surface area contributed by atoms with E-state index in [0.717, 1.165) is 34.8 Å². The number of hydrogen-bond acceptors (Lipinski definition) is 8. The van der Waals surface area contributed by atoms with E-state index < -0.39 is 35.0 Å². The van der Waals surface area contributed by atoms with Crippen LogP contribution in [0.2, 0.25) is 0 Å². The predicted octanol–water partition coefficient (Wildman–Crippen LogP) is 7.19. The van der Waals surface area contributed by atoms with Crippen LogP contribution < -0.4 is 11.5 Å². The molecule has 0 aliphatic carbocycles. The smallest absolute Gasteiger partial charge is 0.397 e. The van der Waals surface area contributed by atoms with Gasteiger partial charge in [0.15, 0.2) is 0 Å². The molecular weight excluding hydrogens is 578 g/mol. The lowest BCUT2D eigenvalue weighted by Gasteiger charge is -2.09. The van der Waals surface area contributed by atoms with Gasteiger partial charge < -0.3 is 11.5 Å². The third-order valence-electron chi connectivity index (χ3n) is 6.09. The van der Waals surface area contributed by atoms with Crippen LogP contribution in [0.25, 0.3) is 20.4 Å². The van der Waals surface area contributed by atoms with Gasteiger partial charge in [0, 0.05) is 33.3 Å². The molecule has 1 aromatic carbocycles. The molecule has 0 bridgehead atoms. The number of aromatic nitrogens is 2. The van der Waals surface area contributed by atoms with Crippen LogP contribution in [0.5, 0.6) is 0 Å². The topological polar surface area (TPSA) is 112 Å². The number of rotatable bonds is 4. The Morgan fingerprint density at radius 1 is 0.675 bits per heavy atom. The molecule has 206 valence electrons. The molecule has 40 heavy (non-hydrogen) atoms. The SMILES string of the molecule is Cc1cc(C(F)(F)F)c2c(N)c(C(=O)c3ccc(C(=O)c4sc5nc(C)cc(C(F)(F)F)c5c4N)cc3)sc2n1. The summed E-state index contributed by atoms with van der Waals surface area (Å²) >= 11 is 1.44. The number of carbonyl (C=O) groups is 2. The summed E-state index contributed by atoms with van der Waals surface area (Å²) in [6.07, 6.45) is -9.43. The summed E-state index contributed by atoms with van der Waals surface area (Å²) < 4.78 is 81.6. The fraction of sp³-hybridized carbons (Fsp3) is 0.154. The van der Waals surface area contributed by atoms with E-state index in [0.29, 0.717) is 0 Å². The lowest BCUT2D eigenvalue weighted by atomic mass is 10.0. The van der Waals surface area contributed by atoms with Crippen molar-refractivity contribution in [2.24, 2.45) is 0 Å². The summed E-state index contributed by atoms with van der Waals surface area (Å²) in [7, 11) is 0. The Morgan fingerprint density at radius 3 is 1.30 bits per heavy atom. The Morgan fingerprint density at radius 2 is 1.00 bits per heavy atom. The normalized spacial score (nSPS) is 12.4. The Hall–Kier alpha value is -4.04. The van der Waals surface area contributed by atoms with E-state index in [1.54, 1.807) is 0 Å². The molecule has 0 saturated heterocycles. The Labute approximate surface area is 229 Å². The number of benzene rings is 1. The van der Waals surface area contributed by atoms with Gasteiger partial charge in [0.1, 0.15) is 19.4 Å². The quantitative estimate of drug-likeness (QED) is 0.168. The van der Waals surface area contributed by atoms with Crippen molar-refractivity contribution < 1.29 is 35.9 Å².